The molecule has 2 rings (SSSR count). The monoisotopic (exact) mass is 232 g/mol. The number of benzene rings is 1. The van der Waals surface area contributed by atoms with Crippen molar-refractivity contribution in [1.29, 1.82) is 0 Å². The van der Waals surface area contributed by atoms with Crippen LogP contribution in [0, 0.1) is 5.82 Å². The van der Waals surface area contributed by atoms with E-state index in [2.05, 4.69) is 10.3 Å². The lowest BCUT2D eigenvalue weighted by Gasteiger charge is -2.08. The van der Waals surface area contributed by atoms with Gasteiger partial charge in [-0.2, -0.15) is 0 Å². The fourth-order valence-corrected chi connectivity index (χ4v) is 1.55. The standard InChI is InChI=1S/C13H13FN2O/c1-8(2)15-13(17)11-6-4-9-3-5-10(14)7-12(9)16-11/h3-8H,1-2H3,(H,15,17). The second kappa shape index (κ2) is 4.49. The molecule has 88 valence electrons. The summed E-state index contributed by atoms with van der Waals surface area (Å²) in [5.41, 5.74) is 0.790. The van der Waals surface area contributed by atoms with E-state index >= 15 is 0 Å². The van der Waals surface area contributed by atoms with E-state index in [4.69, 9.17) is 0 Å². The number of hydrogen-bond donors (Lipinski definition) is 1. The zero-order chi connectivity index (χ0) is 12.4. The molecule has 0 saturated carbocycles. The minimum absolute atomic E-state index is 0.0486. The second-order valence-corrected chi connectivity index (χ2v) is 4.16. The van der Waals surface area contributed by atoms with E-state index in [-0.39, 0.29) is 17.8 Å². The largest absolute Gasteiger partial charge is 0.349 e. The first-order valence-electron chi connectivity index (χ1n) is 5.43. The van der Waals surface area contributed by atoms with Crippen molar-refractivity contribution < 1.29 is 9.18 Å². The Labute approximate surface area is 98.7 Å². The molecule has 0 atom stereocenters. The SMILES string of the molecule is CC(C)NC(=O)c1ccc2ccc(F)cc2n1. The Balaban J connectivity index is 2.40. The molecule has 17 heavy (non-hydrogen) atoms. The molecule has 1 heterocycles. The summed E-state index contributed by atoms with van der Waals surface area (Å²) in [5.74, 6) is -0.599. The first-order valence-corrected chi connectivity index (χ1v) is 5.43. The van der Waals surface area contributed by atoms with E-state index in [1.54, 1.807) is 18.2 Å². The minimum atomic E-state index is -0.355. The van der Waals surface area contributed by atoms with Crippen molar-refractivity contribution in [3.63, 3.8) is 0 Å². The van der Waals surface area contributed by atoms with Gasteiger partial charge in [-0.25, -0.2) is 9.37 Å². The van der Waals surface area contributed by atoms with Crippen molar-refractivity contribution in [3.8, 4) is 0 Å². The summed E-state index contributed by atoms with van der Waals surface area (Å²) in [7, 11) is 0. The van der Waals surface area contributed by atoms with Crippen LogP contribution in [0.5, 0.6) is 0 Å². The highest BCUT2D eigenvalue weighted by atomic mass is 19.1. The van der Waals surface area contributed by atoms with Crippen LogP contribution in [0.15, 0.2) is 30.3 Å². The van der Waals surface area contributed by atoms with Crippen LogP contribution in [0.2, 0.25) is 0 Å². The molecule has 0 fully saturated rings. The van der Waals surface area contributed by atoms with E-state index < -0.39 is 0 Å². The maximum absolute atomic E-state index is 13.0. The third-order valence-corrected chi connectivity index (χ3v) is 2.31. The van der Waals surface area contributed by atoms with E-state index in [0.29, 0.717) is 11.2 Å². The summed E-state index contributed by atoms with van der Waals surface area (Å²) >= 11 is 0. The Morgan fingerprint density at radius 1 is 1.29 bits per heavy atom. The van der Waals surface area contributed by atoms with Crippen LogP contribution in [-0.4, -0.2) is 16.9 Å². The van der Waals surface area contributed by atoms with Crippen LogP contribution in [0.4, 0.5) is 4.39 Å². The number of carbonyl (C=O) groups is 1. The van der Waals surface area contributed by atoms with Crippen molar-refractivity contribution in [2.75, 3.05) is 0 Å². The van der Waals surface area contributed by atoms with Gasteiger partial charge in [0, 0.05) is 17.5 Å². The summed E-state index contributed by atoms with van der Waals surface area (Å²) < 4.78 is 13.0. The molecule has 0 aliphatic rings. The summed E-state index contributed by atoms with van der Waals surface area (Å²) in [6.07, 6.45) is 0. The highest BCUT2D eigenvalue weighted by Crippen LogP contribution is 2.14. The van der Waals surface area contributed by atoms with E-state index in [1.807, 2.05) is 13.8 Å². The molecular weight excluding hydrogens is 219 g/mol. The Morgan fingerprint density at radius 3 is 2.71 bits per heavy atom. The Kier molecular flexibility index (Phi) is 3.04. The van der Waals surface area contributed by atoms with Gasteiger partial charge in [-0.1, -0.05) is 6.07 Å². The predicted octanol–water partition coefficient (Wildman–Crippen LogP) is 2.51. The van der Waals surface area contributed by atoms with Gasteiger partial charge < -0.3 is 5.32 Å². The predicted molar refractivity (Wildman–Crippen MR) is 64.3 cm³/mol. The molecule has 0 saturated heterocycles. The van der Waals surface area contributed by atoms with Gasteiger partial charge in [-0.05, 0) is 32.0 Å². The first-order chi connectivity index (χ1) is 8.06. The first kappa shape index (κ1) is 11.5. The molecule has 1 aromatic heterocycles. The summed E-state index contributed by atoms with van der Waals surface area (Å²) in [5, 5.41) is 3.56. The van der Waals surface area contributed by atoms with Crippen molar-refractivity contribution in [2.45, 2.75) is 19.9 Å². The molecule has 0 aliphatic carbocycles. The minimum Gasteiger partial charge on any atom is -0.349 e. The van der Waals surface area contributed by atoms with Crippen molar-refractivity contribution in [2.24, 2.45) is 0 Å². The molecule has 0 aliphatic heterocycles. The highest BCUT2D eigenvalue weighted by Gasteiger charge is 2.09. The number of nitrogens with one attached hydrogen (secondary N) is 1. The average Bonchev–Trinajstić information content (AvgIpc) is 2.27. The maximum Gasteiger partial charge on any atom is 0.270 e. The number of hydrogen-bond acceptors (Lipinski definition) is 2. The Hall–Kier alpha value is -1.97. The third kappa shape index (κ3) is 2.58. The molecule has 3 nitrogen and oxygen atoms in total. The lowest BCUT2D eigenvalue weighted by molar-refractivity contribution is 0.0938. The summed E-state index contributed by atoms with van der Waals surface area (Å²) in [6.45, 7) is 3.75. The molecule has 4 heteroatoms. The zero-order valence-corrected chi connectivity index (χ0v) is 9.70. The highest BCUT2D eigenvalue weighted by molar-refractivity contribution is 5.94. The van der Waals surface area contributed by atoms with Gasteiger partial charge in [0.25, 0.3) is 5.91 Å². The van der Waals surface area contributed by atoms with Crippen LogP contribution >= 0.6 is 0 Å². The van der Waals surface area contributed by atoms with E-state index in [0.717, 1.165) is 5.39 Å². The normalized spacial score (nSPS) is 10.8. The molecule has 0 radical (unpaired) electrons. The van der Waals surface area contributed by atoms with E-state index in [9.17, 15) is 9.18 Å². The molecule has 0 bridgehead atoms. The topological polar surface area (TPSA) is 42.0 Å². The molecule has 2 aromatic rings. The second-order valence-electron chi connectivity index (χ2n) is 4.16. The quantitative estimate of drug-likeness (QED) is 0.864. The van der Waals surface area contributed by atoms with Gasteiger partial charge >= 0.3 is 0 Å². The third-order valence-electron chi connectivity index (χ3n) is 2.31. The molecule has 1 amide bonds. The molecule has 0 spiro atoms. The number of halogens is 1. The lowest BCUT2D eigenvalue weighted by atomic mass is 10.2. The van der Waals surface area contributed by atoms with Gasteiger partial charge in [0.05, 0.1) is 5.52 Å². The van der Waals surface area contributed by atoms with Crippen LogP contribution in [0.1, 0.15) is 24.3 Å². The number of pyridine rings is 1. The van der Waals surface area contributed by atoms with Crippen LogP contribution in [-0.2, 0) is 0 Å². The maximum atomic E-state index is 13.0. The van der Waals surface area contributed by atoms with Crippen LogP contribution in [0.25, 0.3) is 10.9 Å². The van der Waals surface area contributed by atoms with E-state index in [1.165, 1.54) is 12.1 Å². The summed E-state index contributed by atoms with van der Waals surface area (Å²) in [4.78, 5) is 15.9. The zero-order valence-electron chi connectivity index (χ0n) is 9.70. The van der Waals surface area contributed by atoms with Gasteiger partial charge in [-0.3, -0.25) is 4.79 Å². The number of aromatic nitrogens is 1. The number of carbonyl (C=O) groups excluding carboxylic acids is 1. The number of rotatable bonds is 2. The van der Waals surface area contributed by atoms with Gasteiger partial charge in [0.15, 0.2) is 0 Å². The van der Waals surface area contributed by atoms with Crippen molar-refractivity contribution >= 4 is 16.8 Å². The molecular formula is C13H13FN2O. The molecule has 1 aromatic carbocycles. The van der Waals surface area contributed by atoms with Crippen LogP contribution in [0.3, 0.4) is 0 Å². The van der Waals surface area contributed by atoms with Crippen molar-refractivity contribution in [3.05, 3.63) is 41.8 Å². The summed E-state index contributed by atoms with van der Waals surface area (Å²) in [6, 6.07) is 7.78. The Morgan fingerprint density at radius 2 is 2.00 bits per heavy atom. The number of amides is 1. The molecule has 0 unspecified atom stereocenters. The van der Waals surface area contributed by atoms with Gasteiger partial charge in [-0.15, -0.1) is 0 Å². The Bertz CT molecular complexity index is 566. The lowest BCUT2D eigenvalue weighted by Crippen LogP contribution is -2.30. The average molecular weight is 232 g/mol. The van der Waals surface area contributed by atoms with Gasteiger partial charge in [0.2, 0.25) is 0 Å². The van der Waals surface area contributed by atoms with Gasteiger partial charge in [0.1, 0.15) is 11.5 Å². The smallest absolute Gasteiger partial charge is 0.270 e. The number of fused-ring (bicyclic) bond motifs is 1. The number of nitrogens with zero attached hydrogens (tertiary/aromatic N) is 1. The van der Waals surface area contributed by atoms with Crippen LogP contribution < -0.4 is 5.32 Å². The fourth-order valence-electron chi connectivity index (χ4n) is 1.55. The molecule has 1 N–H and O–H groups in total. The van der Waals surface area contributed by atoms with Crippen molar-refractivity contribution in [1.82, 2.24) is 10.3 Å². The fraction of sp³-hybridized carbons (Fsp3) is 0.231.